The fourth-order valence-electron chi connectivity index (χ4n) is 5.85. The first-order valence-corrected chi connectivity index (χ1v) is 13.9. The summed E-state index contributed by atoms with van der Waals surface area (Å²) in [4.78, 5) is 15.1. The maximum atomic E-state index is 13.7. The van der Waals surface area contributed by atoms with E-state index in [1.54, 1.807) is 34.9 Å². The van der Waals surface area contributed by atoms with E-state index in [-0.39, 0.29) is 17.5 Å². The van der Waals surface area contributed by atoms with E-state index < -0.39 is 11.8 Å². The molecule has 1 aliphatic heterocycles. The molecule has 3 aromatic heterocycles. The molecule has 2 aliphatic rings. The molecule has 8 nitrogen and oxygen atoms in total. The number of methoxy groups -OCH3 is 1. The molecule has 6 rings (SSSR count). The van der Waals surface area contributed by atoms with Crippen molar-refractivity contribution in [1.82, 2.24) is 19.1 Å². The van der Waals surface area contributed by atoms with Gasteiger partial charge in [-0.1, -0.05) is 12.1 Å². The lowest BCUT2D eigenvalue weighted by Gasteiger charge is -2.30. The Morgan fingerprint density at radius 2 is 1.95 bits per heavy atom. The molecule has 1 amide bonds. The number of hydrogen-bond donors (Lipinski definition) is 2. The number of piperidine rings is 1. The average Bonchev–Trinajstić information content (AvgIpc) is 3.60. The molecule has 3 N–H and O–H groups in total. The normalized spacial score (nSPS) is 19.6. The van der Waals surface area contributed by atoms with E-state index in [2.05, 4.69) is 0 Å². The van der Waals surface area contributed by atoms with Crippen molar-refractivity contribution in [2.45, 2.75) is 63.9 Å². The monoisotopic (exact) mass is 569 g/mol. The van der Waals surface area contributed by atoms with Crippen LogP contribution >= 0.6 is 0 Å². The van der Waals surface area contributed by atoms with Crippen LogP contribution in [0.3, 0.4) is 0 Å². The second kappa shape index (κ2) is 9.77. The summed E-state index contributed by atoms with van der Waals surface area (Å²) in [6, 6.07) is 7.97. The second-order valence-corrected chi connectivity index (χ2v) is 11.6. The number of alkyl halides is 3. The van der Waals surface area contributed by atoms with Crippen molar-refractivity contribution in [3.05, 3.63) is 53.2 Å². The van der Waals surface area contributed by atoms with Crippen molar-refractivity contribution >= 4 is 22.3 Å². The van der Waals surface area contributed by atoms with E-state index in [1.165, 1.54) is 12.1 Å². The molecule has 1 unspecified atom stereocenters. The molecule has 0 bridgehead atoms. The van der Waals surface area contributed by atoms with Gasteiger partial charge in [0.15, 0.2) is 5.60 Å². The molecule has 0 spiro atoms. The van der Waals surface area contributed by atoms with Crippen LogP contribution in [-0.4, -0.2) is 62.5 Å². The van der Waals surface area contributed by atoms with E-state index in [1.807, 2.05) is 17.6 Å². The van der Waals surface area contributed by atoms with Crippen LogP contribution in [0, 0.1) is 12.8 Å². The van der Waals surface area contributed by atoms with E-state index in [9.17, 15) is 23.1 Å². The Bertz CT molecular complexity index is 1650. The van der Waals surface area contributed by atoms with Crippen molar-refractivity contribution in [2.75, 3.05) is 20.2 Å². The van der Waals surface area contributed by atoms with Crippen molar-refractivity contribution < 1.29 is 27.8 Å². The van der Waals surface area contributed by atoms with Gasteiger partial charge < -0.3 is 25.0 Å². The van der Waals surface area contributed by atoms with Gasteiger partial charge in [-0.2, -0.15) is 18.3 Å². The zero-order valence-corrected chi connectivity index (χ0v) is 23.3. The van der Waals surface area contributed by atoms with Crippen LogP contribution in [0.5, 0.6) is 5.75 Å². The van der Waals surface area contributed by atoms with Gasteiger partial charge in [0.2, 0.25) is 0 Å². The molecule has 1 aromatic carbocycles. The van der Waals surface area contributed by atoms with E-state index in [0.717, 1.165) is 49.3 Å². The Kier molecular flexibility index (Phi) is 6.57. The third kappa shape index (κ3) is 4.74. The Morgan fingerprint density at radius 1 is 1.20 bits per heavy atom. The summed E-state index contributed by atoms with van der Waals surface area (Å²) in [5, 5.41) is 16.0. The van der Waals surface area contributed by atoms with Gasteiger partial charge in [-0.25, -0.2) is 4.52 Å². The number of benzene rings is 1. The minimum Gasteiger partial charge on any atom is -0.494 e. The Balaban J connectivity index is 1.48. The highest BCUT2D eigenvalue weighted by Gasteiger charge is 2.51. The second-order valence-electron chi connectivity index (χ2n) is 11.6. The topological polar surface area (TPSA) is 98.0 Å². The maximum Gasteiger partial charge on any atom is 0.421 e. The van der Waals surface area contributed by atoms with E-state index >= 15 is 0 Å². The Morgan fingerprint density at radius 3 is 2.61 bits per heavy atom. The van der Waals surface area contributed by atoms with Crippen molar-refractivity contribution in [3.63, 3.8) is 0 Å². The predicted molar refractivity (Wildman–Crippen MR) is 149 cm³/mol. The van der Waals surface area contributed by atoms with Crippen LogP contribution < -0.4 is 10.5 Å². The Hall–Kier alpha value is -3.57. The SMILES string of the molecule is COc1cc(C(=O)N2CCC[C@@H](N)C2)cn2nc(-c3cc4ccc(C(C)(O)C(F)(F)F)cc4n3CC3CC3)c(C)c12. The molecule has 2 atom stereocenters. The van der Waals surface area contributed by atoms with E-state index in [0.29, 0.717) is 53.6 Å². The summed E-state index contributed by atoms with van der Waals surface area (Å²) in [6.07, 6.45) is 0.705. The van der Waals surface area contributed by atoms with Crippen molar-refractivity contribution in [2.24, 2.45) is 11.7 Å². The third-order valence-corrected chi connectivity index (χ3v) is 8.54. The zero-order valence-electron chi connectivity index (χ0n) is 23.3. The number of likely N-dealkylation sites (tertiary alicyclic amines) is 1. The predicted octanol–water partition coefficient (Wildman–Crippen LogP) is 5.02. The number of fused-ring (bicyclic) bond motifs is 2. The number of nitrogens with two attached hydrogens (primary N) is 1. The number of carbonyl (C=O) groups excluding carboxylic acids is 1. The number of ether oxygens (including phenoxy) is 1. The number of aromatic nitrogens is 3. The minimum atomic E-state index is -4.82. The lowest BCUT2D eigenvalue weighted by Crippen LogP contribution is -2.45. The standard InChI is InChI=1S/C30H34F3N5O3/c1-17-26(35-38-15-20(12-25(41-3)27(17)38)28(39)36-10-4-5-22(34)16-36)24-11-19-8-9-21(29(2,40)30(31,32)33)13-23(19)37(24)14-18-6-7-18/h8-9,11-13,15,18,22,40H,4-7,10,14,16,34H2,1-3H3/t22-,29?/m1/s1. The first-order valence-electron chi connectivity index (χ1n) is 13.9. The molecule has 1 saturated heterocycles. The molecule has 4 heterocycles. The van der Waals surface area contributed by atoms with Crippen LogP contribution in [0.2, 0.25) is 0 Å². The van der Waals surface area contributed by atoms with Crippen molar-refractivity contribution in [3.8, 4) is 17.1 Å². The number of rotatable bonds is 6. The molecular weight excluding hydrogens is 535 g/mol. The number of carbonyl (C=O) groups is 1. The molecule has 41 heavy (non-hydrogen) atoms. The minimum absolute atomic E-state index is 0.0504. The molecule has 1 aliphatic carbocycles. The number of nitrogens with zero attached hydrogens (tertiary/aromatic N) is 4. The van der Waals surface area contributed by atoms with Gasteiger partial charge in [0.25, 0.3) is 5.91 Å². The van der Waals surface area contributed by atoms with Gasteiger partial charge in [0.1, 0.15) is 17.0 Å². The smallest absolute Gasteiger partial charge is 0.421 e. The molecule has 2 fully saturated rings. The third-order valence-electron chi connectivity index (χ3n) is 8.54. The fourth-order valence-corrected chi connectivity index (χ4v) is 5.85. The van der Waals surface area contributed by atoms with Crippen LogP contribution in [0.15, 0.2) is 36.5 Å². The average molecular weight is 570 g/mol. The van der Waals surface area contributed by atoms with Crippen LogP contribution in [0.25, 0.3) is 27.8 Å². The summed E-state index contributed by atoms with van der Waals surface area (Å²) < 4.78 is 50.4. The van der Waals surface area contributed by atoms with Crippen LogP contribution in [0.1, 0.15) is 54.1 Å². The van der Waals surface area contributed by atoms with Gasteiger partial charge in [0, 0.05) is 48.3 Å². The first kappa shape index (κ1) is 27.6. The number of halogens is 3. The van der Waals surface area contributed by atoms with Gasteiger partial charge in [-0.15, -0.1) is 0 Å². The summed E-state index contributed by atoms with van der Waals surface area (Å²) in [6.45, 7) is 4.45. The van der Waals surface area contributed by atoms with Crippen molar-refractivity contribution in [1.29, 1.82) is 0 Å². The number of hydrogen-bond acceptors (Lipinski definition) is 5. The van der Waals surface area contributed by atoms with Gasteiger partial charge in [0.05, 0.1) is 18.4 Å². The van der Waals surface area contributed by atoms with Gasteiger partial charge in [-0.3, -0.25) is 4.79 Å². The van der Waals surface area contributed by atoms with Gasteiger partial charge in [-0.05, 0) is 69.2 Å². The van der Waals surface area contributed by atoms with Crippen LogP contribution in [-0.2, 0) is 12.1 Å². The number of aliphatic hydroxyl groups is 1. The number of amides is 1. The molecule has 1 saturated carbocycles. The summed E-state index contributed by atoms with van der Waals surface area (Å²) >= 11 is 0. The van der Waals surface area contributed by atoms with E-state index in [4.69, 9.17) is 15.6 Å². The highest BCUT2D eigenvalue weighted by Crippen LogP contribution is 2.42. The molecule has 0 radical (unpaired) electrons. The lowest BCUT2D eigenvalue weighted by molar-refractivity contribution is -0.258. The number of aryl methyl sites for hydroxylation is 1. The first-order chi connectivity index (χ1) is 19.4. The fraction of sp³-hybridized carbons (Fsp3) is 0.467. The molecular formula is C30H34F3N5O3. The quantitative estimate of drug-likeness (QED) is 0.340. The Labute approximate surface area is 235 Å². The maximum absolute atomic E-state index is 13.7. The summed E-state index contributed by atoms with van der Waals surface area (Å²) in [5.74, 6) is 0.784. The number of pyridine rings is 1. The summed E-state index contributed by atoms with van der Waals surface area (Å²) in [7, 11) is 1.55. The summed E-state index contributed by atoms with van der Waals surface area (Å²) in [5.41, 5.74) is 6.89. The lowest BCUT2D eigenvalue weighted by atomic mass is 9.94. The zero-order chi connectivity index (χ0) is 29.3. The highest BCUT2D eigenvalue weighted by molar-refractivity contribution is 5.96. The molecule has 4 aromatic rings. The van der Waals surface area contributed by atoms with Crippen LogP contribution in [0.4, 0.5) is 13.2 Å². The largest absolute Gasteiger partial charge is 0.494 e. The highest BCUT2D eigenvalue weighted by atomic mass is 19.4. The van der Waals surface area contributed by atoms with Gasteiger partial charge >= 0.3 is 6.18 Å². The molecule has 11 heteroatoms. The molecule has 218 valence electrons.